The van der Waals surface area contributed by atoms with Crippen molar-refractivity contribution in [1.82, 2.24) is 9.78 Å². The lowest BCUT2D eigenvalue weighted by molar-refractivity contribution is 0.102. The summed E-state index contributed by atoms with van der Waals surface area (Å²) in [4.78, 5) is 26.0. The zero-order valence-electron chi connectivity index (χ0n) is 16.1. The van der Waals surface area contributed by atoms with Crippen LogP contribution in [0.3, 0.4) is 0 Å². The number of cyclic esters (lactones) is 1. The van der Waals surface area contributed by atoms with E-state index in [2.05, 4.69) is 10.4 Å². The van der Waals surface area contributed by atoms with Crippen molar-refractivity contribution in [3.05, 3.63) is 77.0 Å². The molecule has 154 valence electrons. The highest BCUT2D eigenvalue weighted by atomic mass is 19.1. The quantitative estimate of drug-likeness (QED) is 0.693. The number of benzene rings is 2. The van der Waals surface area contributed by atoms with Gasteiger partial charge < -0.3 is 10.1 Å². The number of aryl methyl sites for hydroxylation is 1. The van der Waals surface area contributed by atoms with E-state index in [1.807, 2.05) is 0 Å². The number of hydrogen-bond donors (Lipinski definition) is 1. The minimum atomic E-state index is -0.563. The van der Waals surface area contributed by atoms with Crippen LogP contribution in [0.5, 0.6) is 0 Å². The normalized spacial score (nSPS) is 13.4. The summed E-state index contributed by atoms with van der Waals surface area (Å²) in [5.74, 6) is -1.17. The molecule has 1 aliphatic heterocycles. The van der Waals surface area contributed by atoms with Crippen LogP contribution in [0.15, 0.2) is 48.7 Å². The molecule has 0 unspecified atom stereocenters. The Morgan fingerprint density at radius 3 is 2.83 bits per heavy atom. The van der Waals surface area contributed by atoms with Crippen molar-refractivity contribution in [2.75, 3.05) is 23.4 Å². The molecule has 0 aliphatic carbocycles. The summed E-state index contributed by atoms with van der Waals surface area (Å²) in [7, 11) is 0. The second-order valence-electron chi connectivity index (χ2n) is 6.84. The largest absolute Gasteiger partial charge is 0.447 e. The molecule has 9 heteroatoms. The topological polar surface area (TPSA) is 76.5 Å². The maximum atomic E-state index is 14.0. The van der Waals surface area contributed by atoms with E-state index < -0.39 is 23.6 Å². The molecule has 4 rings (SSSR count). The van der Waals surface area contributed by atoms with Gasteiger partial charge in [0.15, 0.2) is 0 Å². The molecule has 7 nitrogen and oxygen atoms in total. The number of halogens is 2. The van der Waals surface area contributed by atoms with Gasteiger partial charge in [-0.25, -0.2) is 18.3 Å². The zero-order chi connectivity index (χ0) is 21.3. The number of anilines is 2. The number of nitrogens with zero attached hydrogens (tertiary/aromatic N) is 3. The van der Waals surface area contributed by atoms with Crippen LogP contribution in [0.4, 0.5) is 25.1 Å². The lowest BCUT2D eigenvalue weighted by atomic mass is 10.1. The number of ether oxygens (including phenoxy) is 1. The van der Waals surface area contributed by atoms with E-state index >= 15 is 0 Å². The minimum absolute atomic E-state index is 0.0489. The molecule has 2 amide bonds. The molecular weight excluding hydrogens is 394 g/mol. The summed E-state index contributed by atoms with van der Waals surface area (Å²) in [6.07, 6.45) is 1.07. The fourth-order valence-corrected chi connectivity index (χ4v) is 3.21. The maximum Gasteiger partial charge on any atom is 0.414 e. The third-order valence-electron chi connectivity index (χ3n) is 4.76. The highest BCUT2D eigenvalue weighted by Crippen LogP contribution is 2.22. The molecule has 0 saturated carbocycles. The second-order valence-corrected chi connectivity index (χ2v) is 6.84. The summed E-state index contributed by atoms with van der Waals surface area (Å²) in [5.41, 5.74) is 1.66. The summed E-state index contributed by atoms with van der Waals surface area (Å²) < 4.78 is 33.8. The fourth-order valence-electron chi connectivity index (χ4n) is 3.21. The van der Waals surface area contributed by atoms with Crippen LogP contribution in [0.1, 0.15) is 21.5 Å². The minimum Gasteiger partial charge on any atom is -0.447 e. The van der Waals surface area contributed by atoms with E-state index in [-0.39, 0.29) is 12.1 Å². The van der Waals surface area contributed by atoms with Gasteiger partial charge in [-0.15, -0.1) is 0 Å². The third kappa shape index (κ3) is 3.86. The fraction of sp³-hybridized carbons (Fsp3) is 0.190. The Morgan fingerprint density at radius 1 is 1.23 bits per heavy atom. The summed E-state index contributed by atoms with van der Waals surface area (Å²) >= 11 is 0. The SMILES string of the molecule is Cc1cnn(Cc2cc(F)ccc2F)c1NC(=O)c1cccc(N2CCOC2=O)c1. The van der Waals surface area contributed by atoms with Crippen LogP contribution in [-0.4, -0.2) is 34.9 Å². The first-order valence-corrected chi connectivity index (χ1v) is 9.24. The first kappa shape index (κ1) is 19.6. The highest BCUT2D eigenvalue weighted by molar-refractivity contribution is 6.05. The zero-order valence-corrected chi connectivity index (χ0v) is 16.1. The van der Waals surface area contributed by atoms with Crippen molar-refractivity contribution >= 4 is 23.5 Å². The van der Waals surface area contributed by atoms with Crippen LogP contribution in [0.25, 0.3) is 0 Å². The number of carbonyl (C=O) groups excluding carboxylic acids is 2. The van der Waals surface area contributed by atoms with Gasteiger partial charge in [-0.1, -0.05) is 6.07 Å². The van der Waals surface area contributed by atoms with Crippen molar-refractivity contribution in [3.8, 4) is 0 Å². The Hall–Kier alpha value is -3.75. The van der Waals surface area contributed by atoms with E-state index in [0.717, 1.165) is 18.2 Å². The number of amides is 2. The molecule has 1 fully saturated rings. The van der Waals surface area contributed by atoms with Crippen LogP contribution in [-0.2, 0) is 11.3 Å². The van der Waals surface area contributed by atoms with Gasteiger partial charge in [0.2, 0.25) is 0 Å². The Kier molecular flexibility index (Phi) is 5.18. The monoisotopic (exact) mass is 412 g/mol. The molecule has 3 aromatic rings. The number of hydrogen-bond acceptors (Lipinski definition) is 4. The van der Waals surface area contributed by atoms with Gasteiger partial charge in [0, 0.05) is 22.4 Å². The molecule has 1 aliphatic rings. The van der Waals surface area contributed by atoms with Crippen molar-refractivity contribution in [1.29, 1.82) is 0 Å². The molecular formula is C21H18F2N4O3. The molecule has 30 heavy (non-hydrogen) atoms. The molecule has 0 spiro atoms. The Morgan fingerprint density at radius 2 is 2.07 bits per heavy atom. The van der Waals surface area contributed by atoms with Gasteiger partial charge in [0.1, 0.15) is 24.1 Å². The number of aromatic nitrogens is 2. The molecule has 2 heterocycles. The average molecular weight is 412 g/mol. The third-order valence-corrected chi connectivity index (χ3v) is 4.76. The van der Waals surface area contributed by atoms with Crippen LogP contribution in [0.2, 0.25) is 0 Å². The number of rotatable bonds is 5. The van der Waals surface area contributed by atoms with E-state index in [9.17, 15) is 18.4 Å². The van der Waals surface area contributed by atoms with E-state index in [4.69, 9.17) is 4.74 Å². The van der Waals surface area contributed by atoms with Crippen molar-refractivity contribution in [3.63, 3.8) is 0 Å². The predicted octanol–water partition coefficient (Wildman–Crippen LogP) is 3.73. The van der Waals surface area contributed by atoms with E-state index in [0.29, 0.717) is 35.8 Å². The van der Waals surface area contributed by atoms with Crippen molar-refractivity contribution in [2.45, 2.75) is 13.5 Å². The van der Waals surface area contributed by atoms with Crippen LogP contribution < -0.4 is 10.2 Å². The molecule has 0 radical (unpaired) electrons. The number of carbonyl (C=O) groups is 2. The number of nitrogens with one attached hydrogen (secondary N) is 1. The van der Waals surface area contributed by atoms with Gasteiger partial charge in [0.05, 0.1) is 19.3 Å². The van der Waals surface area contributed by atoms with Gasteiger partial charge >= 0.3 is 6.09 Å². The van der Waals surface area contributed by atoms with Gasteiger partial charge in [-0.2, -0.15) is 5.10 Å². The van der Waals surface area contributed by atoms with Crippen LogP contribution >= 0.6 is 0 Å². The van der Waals surface area contributed by atoms with Gasteiger partial charge in [0.25, 0.3) is 5.91 Å². The van der Waals surface area contributed by atoms with E-state index in [1.54, 1.807) is 31.2 Å². The first-order chi connectivity index (χ1) is 14.4. The summed E-state index contributed by atoms with van der Waals surface area (Å²) in [6, 6.07) is 9.77. The standard InChI is InChI=1S/C21H18F2N4O3/c1-13-11-24-27(12-15-9-16(22)5-6-18(15)23)19(13)25-20(28)14-3-2-4-17(10-14)26-7-8-30-21(26)29/h2-6,9-11H,7-8,12H2,1H3,(H,25,28). The summed E-state index contributed by atoms with van der Waals surface area (Å²) in [5, 5.41) is 6.93. The molecule has 0 bridgehead atoms. The lowest BCUT2D eigenvalue weighted by Crippen LogP contribution is -2.24. The lowest BCUT2D eigenvalue weighted by Gasteiger charge is -2.14. The Bertz CT molecular complexity index is 1130. The average Bonchev–Trinajstić information content (AvgIpc) is 3.31. The molecule has 1 aromatic heterocycles. The van der Waals surface area contributed by atoms with E-state index in [1.165, 1.54) is 15.8 Å². The van der Waals surface area contributed by atoms with Crippen molar-refractivity contribution in [2.24, 2.45) is 0 Å². The maximum absolute atomic E-state index is 14.0. The van der Waals surface area contributed by atoms with Crippen LogP contribution in [0, 0.1) is 18.6 Å². The Balaban J connectivity index is 1.56. The molecule has 0 atom stereocenters. The Labute approximate surface area is 170 Å². The predicted molar refractivity (Wildman–Crippen MR) is 106 cm³/mol. The molecule has 2 aromatic carbocycles. The van der Waals surface area contributed by atoms with Crippen molar-refractivity contribution < 1.29 is 23.1 Å². The highest BCUT2D eigenvalue weighted by Gasteiger charge is 2.24. The molecule has 1 N–H and O–H groups in total. The first-order valence-electron chi connectivity index (χ1n) is 9.24. The van der Waals surface area contributed by atoms with Gasteiger partial charge in [-0.05, 0) is 43.3 Å². The smallest absolute Gasteiger partial charge is 0.414 e. The molecule has 1 saturated heterocycles. The second kappa shape index (κ2) is 7.94. The van der Waals surface area contributed by atoms with Gasteiger partial charge in [-0.3, -0.25) is 9.69 Å². The summed E-state index contributed by atoms with van der Waals surface area (Å²) in [6.45, 7) is 2.41.